The first-order valence-corrected chi connectivity index (χ1v) is 6.55. The SMILES string of the molecule is Cc1nnc(Nc2cccc(Cl)c2F)c(C(N)=S)c1C. The van der Waals surface area contributed by atoms with Crippen LogP contribution >= 0.6 is 23.8 Å². The van der Waals surface area contributed by atoms with Crippen LogP contribution in [0.25, 0.3) is 0 Å². The second kappa shape index (κ2) is 5.68. The van der Waals surface area contributed by atoms with Crippen LogP contribution in [0, 0.1) is 19.7 Å². The first kappa shape index (κ1) is 14.6. The molecule has 0 saturated carbocycles. The normalized spacial score (nSPS) is 10.4. The summed E-state index contributed by atoms with van der Waals surface area (Å²) in [5.74, 6) is -0.259. The van der Waals surface area contributed by atoms with Crippen molar-refractivity contribution in [2.75, 3.05) is 5.32 Å². The molecule has 2 aromatic rings. The van der Waals surface area contributed by atoms with E-state index in [4.69, 9.17) is 29.6 Å². The summed E-state index contributed by atoms with van der Waals surface area (Å²) in [4.78, 5) is 0.172. The molecule has 0 saturated heterocycles. The number of aryl methyl sites for hydroxylation is 1. The second-order valence-corrected chi connectivity index (χ2v) is 5.07. The molecular weight excluding hydrogens is 299 g/mol. The Labute approximate surface area is 126 Å². The number of halogens is 2. The second-order valence-electron chi connectivity index (χ2n) is 4.22. The number of thiocarbonyl (C=S) groups is 1. The van der Waals surface area contributed by atoms with Gasteiger partial charge in [-0.15, -0.1) is 5.10 Å². The largest absolute Gasteiger partial charge is 0.389 e. The van der Waals surface area contributed by atoms with Crippen LogP contribution in [-0.2, 0) is 0 Å². The Morgan fingerprint density at radius 3 is 2.70 bits per heavy atom. The molecule has 3 N–H and O–H groups in total. The molecule has 0 bridgehead atoms. The molecule has 0 atom stereocenters. The van der Waals surface area contributed by atoms with Gasteiger partial charge < -0.3 is 11.1 Å². The van der Waals surface area contributed by atoms with Gasteiger partial charge in [0.1, 0.15) is 4.99 Å². The standard InChI is InChI=1S/C13H12ClFN4S/c1-6-7(2)18-19-13(10(6)12(16)20)17-9-5-3-4-8(14)11(9)15/h3-5H,1-2H3,(H2,16,20)(H,17,19). The molecule has 0 aliphatic carbocycles. The maximum absolute atomic E-state index is 13.9. The smallest absolute Gasteiger partial charge is 0.165 e. The van der Waals surface area contributed by atoms with Gasteiger partial charge in [0.05, 0.1) is 22.0 Å². The van der Waals surface area contributed by atoms with E-state index in [2.05, 4.69) is 15.5 Å². The van der Waals surface area contributed by atoms with E-state index >= 15 is 0 Å². The number of hydrogen-bond acceptors (Lipinski definition) is 4. The average Bonchev–Trinajstić information content (AvgIpc) is 2.39. The molecule has 0 unspecified atom stereocenters. The van der Waals surface area contributed by atoms with Gasteiger partial charge in [-0.1, -0.05) is 29.9 Å². The number of hydrogen-bond donors (Lipinski definition) is 2. The lowest BCUT2D eigenvalue weighted by molar-refractivity contribution is 0.632. The third-order valence-corrected chi connectivity index (χ3v) is 3.40. The van der Waals surface area contributed by atoms with Crippen molar-refractivity contribution in [2.24, 2.45) is 5.73 Å². The zero-order valence-electron chi connectivity index (χ0n) is 10.9. The van der Waals surface area contributed by atoms with E-state index in [1.54, 1.807) is 19.1 Å². The number of nitrogens with one attached hydrogen (secondary N) is 1. The Kier molecular flexibility index (Phi) is 4.15. The molecule has 7 heteroatoms. The highest BCUT2D eigenvalue weighted by Gasteiger charge is 2.15. The Morgan fingerprint density at radius 1 is 1.35 bits per heavy atom. The van der Waals surface area contributed by atoms with Gasteiger partial charge in [-0.05, 0) is 31.5 Å². The van der Waals surface area contributed by atoms with Crippen LogP contribution in [0.3, 0.4) is 0 Å². The predicted molar refractivity (Wildman–Crippen MR) is 82.1 cm³/mol. The minimum absolute atomic E-state index is 0.0173. The van der Waals surface area contributed by atoms with Crippen molar-refractivity contribution in [3.05, 3.63) is 45.9 Å². The van der Waals surface area contributed by atoms with Gasteiger partial charge in [0, 0.05) is 0 Å². The van der Waals surface area contributed by atoms with Gasteiger partial charge in [0.15, 0.2) is 11.6 Å². The summed E-state index contributed by atoms with van der Waals surface area (Å²) in [6, 6.07) is 4.63. The molecule has 0 amide bonds. The lowest BCUT2D eigenvalue weighted by Crippen LogP contribution is -2.17. The first-order valence-electron chi connectivity index (χ1n) is 5.76. The fourth-order valence-electron chi connectivity index (χ4n) is 1.73. The number of aromatic nitrogens is 2. The molecule has 104 valence electrons. The Bertz CT molecular complexity index is 690. The van der Waals surface area contributed by atoms with E-state index in [0.29, 0.717) is 17.1 Å². The van der Waals surface area contributed by atoms with Crippen molar-refractivity contribution in [1.82, 2.24) is 10.2 Å². The highest BCUT2D eigenvalue weighted by Crippen LogP contribution is 2.27. The topological polar surface area (TPSA) is 63.8 Å². The van der Waals surface area contributed by atoms with Crippen molar-refractivity contribution in [2.45, 2.75) is 13.8 Å². The highest BCUT2D eigenvalue weighted by molar-refractivity contribution is 7.80. The van der Waals surface area contributed by atoms with Crippen molar-refractivity contribution in [3.63, 3.8) is 0 Å². The molecule has 1 heterocycles. The van der Waals surface area contributed by atoms with Gasteiger partial charge in [0.2, 0.25) is 0 Å². The Hall–Kier alpha value is -1.79. The van der Waals surface area contributed by atoms with Crippen molar-refractivity contribution < 1.29 is 4.39 Å². The molecule has 0 radical (unpaired) electrons. The zero-order valence-corrected chi connectivity index (χ0v) is 12.4. The third-order valence-electron chi connectivity index (χ3n) is 2.91. The summed E-state index contributed by atoms with van der Waals surface area (Å²) >= 11 is 10.8. The lowest BCUT2D eigenvalue weighted by atomic mass is 10.1. The van der Waals surface area contributed by atoms with Crippen LogP contribution in [0.4, 0.5) is 15.9 Å². The number of anilines is 2. The maximum Gasteiger partial charge on any atom is 0.165 e. The Morgan fingerprint density at radius 2 is 2.05 bits per heavy atom. The van der Waals surface area contributed by atoms with E-state index in [9.17, 15) is 4.39 Å². The predicted octanol–water partition coefficient (Wildman–Crippen LogP) is 3.26. The van der Waals surface area contributed by atoms with Crippen molar-refractivity contribution >= 4 is 40.3 Å². The van der Waals surface area contributed by atoms with Crippen LogP contribution in [0.5, 0.6) is 0 Å². The molecule has 1 aromatic carbocycles. The van der Waals surface area contributed by atoms with Gasteiger partial charge in [-0.3, -0.25) is 0 Å². The fraction of sp³-hybridized carbons (Fsp3) is 0.154. The molecule has 1 aromatic heterocycles. The van der Waals surface area contributed by atoms with Gasteiger partial charge in [-0.25, -0.2) is 4.39 Å². The number of benzene rings is 1. The fourth-order valence-corrected chi connectivity index (χ4v) is 2.15. The van der Waals surface area contributed by atoms with E-state index in [-0.39, 0.29) is 15.7 Å². The third kappa shape index (κ3) is 2.71. The summed E-state index contributed by atoms with van der Waals surface area (Å²) < 4.78 is 13.9. The van der Waals surface area contributed by atoms with Crippen molar-refractivity contribution in [1.29, 1.82) is 0 Å². The van der Waals surface area contributed by atoms with Gasteiger partial charge in [0.25, 0.3) is 0 Å². The highest BCUT2D eigenvalue weighted by atomic mass is 35.5. The van der Waals surface area contributed by atoms with E-state index in [0.717, 1.165) is 5.56 Å². The average molecular weight is 311 g/mol. The van der Waals surface area contributed by atoms with Gasteiger partial charge >= 0.3 is 0 Å². The minimum atomic E-state index is -0.567. The van der Waals surface area contributed by atoms with Crippen LogP contribution in [-0.4, -0.2) is 15.2 Å². The summed E-state index contributed by atoms with van der Waals surface area (Å²) in [5.41, 5.74) is 7.96. The quantitative estimate of drug-likeness (QED) is 0.852. The summed E-state index contributed by atoms with van der Waals surface area (Å²) in [7, 11) is 0. The molecule has 0 spiro atoms. The zero-order chi connectivity index (χ0) is 14.9. The van der Waals surface area contributed by atoms with E-state index in [1.165, 1.54) is 6.07 Å². The molecule has 20 heavy (non-hydrogen) atoms. The van der Waals surface area contributed by atoms with E-state index in [1.807, 2.05) is 6.92 Å². The minimum Gasteiger partial charge on any atom is -0.389 e. The molecular formula is C13H12ClFN4S. The van der Waals surface area contributed by atoms with Crippen LogP contribution in [0.15, 0.2) is 18.2 Å². The lowest BCUT2D eigenvalue weighted by Gasteiger charge is -2.13. The van der Waals surface area contributed by atoms with Crippen LogP contribution in [0.2, 0.25) is 5.02 Å². The maximum atomic E-state index is 13.9. The number of nitrogens with two attached hydrogens (primary N) is 1. The number of nitrogens with zero attached hydrogens (tertiary/aromatic N) is 2. The van der Waals surface area contributed by atoms with Gasteiger partial charge in [-0.2, -0.15) is 5.10 Å². The van der Waals surface area contributed by atoms with Crippen LogP contribution in [0.1, 0.15) is 16.8 Å². The Balaban J connectivity index is 2.52. The molecule has 2 rings (SSSR count). The van der Waals surface area contributed by atoms with Crippen LogP contribution < -0.4 is 11.1 Å². The summed E-state index contributed by atoms with van der Waals surface area (Å²) in [5, 5.41) is 10.8. The molecule has 4 nitrogen and oxygen atoms in total. The molecule has 0 fully saturated rings. The summed E-state index contributed by atoms with van der Waals surface area (Å²) in [6.45, 7) is 3.63. The summed E-state index contributed by atoms with van der Waals surface area (Å²) in [6.07, 6.45) is 0. The van der Waals surface area contributed by atoms with E-state index < -0.39 is 5.82 Å². The molecule has 0 aliphatic heterocycles. The molecule has 0 aliphatic rings. The first-order chi connectivity index (χ1) is 9.41. The number of rotatable bonds is 3. The van der Waals surface area contributed by atoms with Crippen molar-refractivity contribution in [3.8, 4) is 0 Å². The monoisotopic (exact) mass is 310 g/mol.